The van der Waals surface area contributed by atoms with Crippen LogP contribution in [0.5, 0.6) is 0 Å². The number of aromatic nitrogens is 4. The number of benzene rings is 1. The highest BCUT2D eigenvalue weighted by Crippen LogP contribution is 2.26. The van der Waals surface area contributed by atoms with Gasteiger partial charge in [0.25, 0.3) is 0 Å². The average molecular weight is 466 g/mol. The zero-order chi connectivity index (χ0) is 21.5. The minimum atomic E-state index is 0.582. The zero-order valence-electron chi connectivity index (χ0n) is 17.0. The van der Waals surface area contributed by atoms with E-state index in [0.717, 1.165) is 27.1 Å². The normalized spacial score (nSPS) is 10.1. The Balaban J connectivity index is 0.00000124. The van der Waals surface area contributed by atoms with Crippen LogP contribution in [0.2, 0.25) is 0 Å². The summed E-state index contributed by atoms with van der Waals surface area (Å²) in [5.41, 5.74) is 3.97. The number of hydrogen-bond donors (Lipinski definition) is 1. The number of fused-ring (bicyclic) bond motifs is 1. The summed E-state index contributed by atoms with van der Waals surface area (Å²) in [6.45, 7) is 4.58. The Morgan fingerprint density at radius 3 is 2.83 bits per heavy atom. The molecule has 4 rings (SSSR count). The number of rotatable bonds is 5. The molecule has 0 aliphatic rings. The lowest BCUT2D eigenvalue weighted by atomic mass is 10.1. The Morgan fingerprint density at radius 1 is 1.23 bits per heavy atom. The van der Waals surface area contributed by atoms with E-state index in [4.69, 9.17) is 9.82 Å². The molecule has 3 heterocycles. The standard InChI is InChI=1S/C20H16BrN6O.C2H6/c1-28-26-7-3-5-15(13-26)11-23-19-9-18(16-6-2-4-14(8-16)10-22)25-20-17(21)12-24-27(19)20;1-2/h2-9,12-13,23H,11H2,1H3;1-2H3/q+1;. The van der Waals surface area contributed by atoms with E-state index < -0.39 is 0 Å². The van der Waals surface area contributed by atoms with Crippen LogP contribution >= 0.6 is 15.9 Å². The molecule has 0 unspecified atom stereocenters. The Bertz CT molecular complexity index is 1200. The molecule has 1 N–H and O–H groups in total. The van der Waals surface area contributed by atoms with Crippen molar-refractivity contribution < 1.29 is 9.57 Å². The summed E-state index contributed by atoms with van der Waals surface area (Å²) < 4.78 is 4.18. The summed E-state index contributed by atoms with van der Waals surface area (Å²) in [7, 11) is 1.62. The Kier molecular flexibility index (Phi) is 6.99. The van der Waals surface area contributed by atoms with E-state index in [1.807, 2.05) is 62.6 Å². The molecule has 0 atom stereocenters. The second-order valence-corrected chi connectivity index (χ2v) is 6.91. The van der Waals surface area contributed by atoms with Crippen molar-refractivity contribution in [1.29, 1.82) is 5.26 Å². The molecule has 0 radical (unpaired) electrons. The number of nitriles is 1. The number of pyridine rings is 1. The molecule has 0 saturated carbocycles. The van der Waals surface area contributed by atoms with Crippen molar-refractivity contribution in [2.75, 3.05) is 12.4 Å². The molecular weight excluding hydrogens is 444 g/mol. The van der Waals surface area contributed by atoms with E-state index in [2.05, 4.69) is 32.4 Å². The van der Waals surface area contributed by atoms with E-state index in [0.29, 0.717) is 17.8 Å². The minimum Gasteiger partial charge on any atom is -0.366 e. The van der Waals surface area contributed by atoms with Gasteiger partial charge in [-0.3, -0.25) is 4.84 Å². The number of anilines is 1. The highest BCUT2D eigenvalue weighted by Gasteiger charge is 2.12. The van der Waals surface area contributed by atoms with Gasteiger partial charge in [-0.05, 0) is 34.1 Å². The van der Waals surface area contributed by atoms with Gasteiger partial charge < -0.3 is 5.32 Å². The van der Waals surface area contributed by atoms with E-state index in [9.17, 15) is 5.26 Å². The monoisotopic (exact) mass is 465 g/mol. The van der Waals surface area contributed by atoms with Gasteiger partial charge in [-0.1, -0.05) is 26.0 Å². The van der Waals surface area contributed by atoms with Crippen molar-refractivity contribution in [3.63, 3.8) is 0 Å². The molecule has 0 fully saturated rings. The predicted octanol–water partition coefficient (Wildman–Crippen LogP) is 4.01. The van der Waals surface area contributed by atoms with E-state index in [-0.39, 0.29) is 0 Å². The Labute approximate surface area is 183 Å². The van der Waals surface area contributed by atoms with E-state index in [1.54, 1.807) is 28.6 Å². The summed E-state index contributed by atoms with van der Waals surface area (Å²) in [5, 5.41) is 17.0. The van der Waals surface area contributed by atoms with Crippen molar-refractivity contribution in [3.8, 4) is 17.3 Å². The number of hydrogen-bond acceptors (Lipinski definition) is 5. The second-order valence-electron chi connectivity index (χ2n) is 6.06. The van der Waals surface area contributed by atoms with Crippen molar-refractivity contribution in [3.05, 3.63) is 76.7 Å². The van der Waals surface area contributed by atoms with Crippen LogP contribution in [-0.2, 0) is 6.54 Å². The summed E-state index contributed by atoms with van der Waals surface area (Å²) in [6.07, 6.45) is 5.45. The molecule has 0 saturated heterocycles. The number of halogens is 1. The largest absolute Gasteiger partial charge is 0.366 e. The molecule has 0 amide bonds. The maximum Gasteiger partial charge on any atom is 0.227 e. The third kappa shape index (κ3) is 4.58. The highest BCUT2D eigenvalue weighted by atomic mass is 79.9. The molecule has 0 spiro atoms. The fourth-order valence-corrected chi connectivity index (χ4v) is 3.22. The van der Waals surface area contributed by atoms with Crippen LogP contribution in [0.15, 0.2) is 65.5 Å². The molecule has 8 heteroatoms. The third-order valence-corrected chi connectivity index (χ3v) is 4.80. The summed E-state index contributed by atoms with van der Waals surface area (Å²) in [4.78, 5) is 9.91. The van der Waals surface area contributed by atoms with Crippen molar-refractivity contribution in [1.82, 2.24) is 14.6 Å². The number of nitrogens with one attached hydrogen (secondary N) is 1. The molecule has 30 heavy (non-hydrogen) atoms. The van der Waals surface area contributed by atoms with Crippen LogP contribution in [0, 0.1) is 11.3 Å². The first-order chi connectivity index (χ1) is 14.7. The van der Waals surface area contributed by atoms with E-state index >= 15 is 0 Å². The average Bonchev–Trinajstić information content (AvgIpc) is 3.19. The molecule has 3 aromatic heterocycles. The maximum atomic E-state index is 9.18. The van der Waals surface area contributed by atoms with Gasteiger partial charge in [0.1, 0.15) is 12.9 Å². The fourth-order valence-electron chi connectivity index (χ4n) is 2.87. The van der Waals surface area contributed by atoms with Crippen LogP contribution in [-0.4, -0.2) is 21.7 Å². The third-order valence-electron chi connectivity index (χ3n) is 4.24. The zero-order valence-corrected chi connectivity index (χ0v) is 18.6. The van der Waals surface area contributed by atoms with Crippen molar-refractivity contribution in [2.24, 2.45) is 0 Å². The first-order valence-corrected chi connectivity index (χ1v) is 10.3. The van der Waals surface area contributed by atoms with Crippen LogP contribution in [0.25, 0.3) is 16.9 Å². The minimum absolute atomic E-state index is 0.582. The molecule has 0 aliphatic carbocycles. The van der Waals surface area contributed by atoms with Gasteiger partial charge in [0.2, 0.25) is 12.4 Å². The van der Waals surface area contributed by atoms with Crippen LogP contribution < -0.4 is 14.9 Å². The van der Waals surface area contributed by atoms with Gasteiger partial charge in [-0.2, -0.15) is 14.9 Å². The lowest BCUT2D eigenvalue weighted by molar-refractivity contribution is -0.885. The topological polar surface area (TPSA) is 79.1 Å². The Morgan fingerprint density at radius 2 is 2.07 bits per heavy atom. The lowest BCUT2D eigenvalue weighted by Crippen LogP contribution is -2.40. The highest BCUT2D eigenvalue weighted by molar-refractivity contribution is 9.10. The molecular formula is C22H22BrN6O+. The molecule has 0 bridgehead atoms. The summed E-state index contributed by atoms with van der Waals surface area (Å²) in [6, 6.07) is 15.4. The van der Waals surface area contributed by atoms with Crippen LogP contribution in [0.1, 0.15) is 25.0 Å². The van der Waals surface area contributed by atoms with Crippen molar-refractivity contribution >= 4 is 27.4 Å². The summed E-state index contributed by atoms with van der Waals surface area (Å²) >= 11 is 3.50. The van der Waals surface area contributed by atoms with Crippen LogP contribution in [0.3, 0.4) is 0 Å². The SMILES string of the molecule is CC.CO[n+]1cccc(CNc2cc(-c3cccc(C#N)c3)nc3c(Br)cnn23)c1. The second kappa shape index (κ2) is 9.85. The molecule has 0 aliphatic heterocycles. The summed E-state index contributed by atoms with van der Waals surface area (Å²) in [5.74, 6) is 0.792. The van der Waals surface area contributed by atoms with E-state index in [1.165, 1.54) is 0 Å². The van der Waals surface area contributed by atoms with Gasteiger partial charge in [0.15, 0.2) is 5.65 Å². The molecule has 152 valence electrons. The van der Waals surface area contributed by atoms with Gasteiger partial charge >= 0.3 is 0 Å². The van der Waals surface area contributed by atoms with Gasteiger partial charge in [0.05, 0.1) is 28.0 Å². The first-order valence-electron chi connectivity index (χ1n) is 9.51. The smallest absolute Gasteiger partial charge is 0.227 e. The van der Waals surface area contributed by atoms with Gasteiger partial charge in [-0.25, -0.2) is 4.98 Å². The fraction of sp³-hybridized carbons (Fsp3) is 0.182. The number of nitrogens with zero attached hydrogens (tertiary/aromatic N) is 5. The Hall–Kier alpha value is -3.44. The van der Waals surface area contributed by atoms with Crippen LogP contribution in [0.4, 0.5) is 5.82 Å². The molecule has 1 aromatic carbocycles. The predicted molar refractivity (Wildman–Crippen MR) is 119 cm³/mol. The van der Waals surface area contributed by atoms with Crippen molar-refractivity contribution in [2.45, 2.75) is 20.4 Å². The first kappa shape index (κ1) is 21.3. The lowest BCUT2D eigenvalue weighted by Gasteiger charge is -2.11. The van der Waals surface area contributed by atoms with Gasteiger partial charge in [0, 0.05) is 34.5 Å². The maximum absolute atomic E-state index is 9.18. The molecule has 4 aromatic rings. The quantitative estimate of drug-likeness (QED) is 0.450. The van der Waals surface area contributed by atoms with Gasteiger partial charge in [-0.15, -0.1) is 0 Å². The molecule has 7 nitrogen and oxygen atoms in total.